The summed E-state index contributed by atoms with van der Waals surface area (Å²) in [5.41, 5.74) is 2.02. The standard InChI is InChI=1S/C20H20N6OS/c28-20-24(15-23-11-13-27-14-12-23)22-19-25(17-9-5-2-6-10-17)18(21-26(19)20)16-7-3-1-4-8-16/h1-10H,11-15H2. The molecule has 142 valence electrons. The molecule has 1 fully saturated rings. The molecule has 1 aliphatic rings. The molecule has 0 aliphatic carbocycles. The van der Waals surface area contributed by atoms with Crippen molar-refractivity contribution in [3.05, 3.63) is 65.4 Å². The number of morpholine rings is 1. The Morgan fingerprint density at radius 1 is 0.893 bits per heavy atom. The largest absolute Gasteiger partial charge is 0.379 e. The van der Waals surface area contributed by atoms with Gasteiger partial charge in [-0.1, -0.05) is 48.5 Å². The highest BCUT2D eigenvalue weighted by Crippen LogP contribution is 2.24. The van der Waals surface area contributed by atoms with Gasteiger partial charge in [0, 0.05) is 18.7 Å². The van der Waals surface area contributed by atoms with Crippen molar-refractivity contribution < 1.29 is 4.74 Å². The Bertz CT molecular complexity index is 1140. The van der Waals surface area contributed by atoms with Crippen LogP contribution in [0.4, 0.5) is 0 Å². The van der Waals surface area contributed by atoms with Crippen LogP contribution >= 0.6 is 12.2 Å². The molecule has 0 radical (unpaired) electrons. The summed E-state index contributed by atoms with van der Waals surface area (Å²) in [5, 5.41) is 9.64. The Labute approximate surface area is 167 Å². The number of hydrogen-bond donors (Lipinski definition) is 0. The number of fused-ring (bicyclic) bond motifs is 1. The maximum Gasteiger partial charge on any atom is 0.257 e. The van der Waals surface area contributed by atoms with Crippen LogP contribution in [0.2, 0.25) is 0 Å². The van der Waals surface area contributed by atoms with Gasteiger partial charge in [0.2, 0.25) is 4.77 Å². The van der Waals surface area contributed by atoms with E-state index in [2.05, 4.69) is 21.6 Å². The van der Waals surface area contributed by atoms with Crippen LogP contribution in [0.3, 0.4) is 0 Å². The Morgan fingerprint density at radius 3 is 2.29 bits per heavy atom. The molecule has 3 heterocycles. The molecule has 8 heteroatoms. The van der Waals surface area contributed by atoms with Gasteiger partial charge in [0.05, 0.1) is 25.6 Å². The van der Waals surface area contributed by atoms with E-state index in [1.54, 1.807) is 4.52 Å². The van der Waals surface area contributed by atoms with E-state index in [1.165, 1.54) is 0 Å². The molecule has 4 aromatic rings. The van der Waals surface area contributed by atoms with Gasteiger partial charge in [-0.2, -0.15) is 4.52 Å². The first-order valence-electron chi connectivity index (χ1n) is 9.31. The van der Waals surface area contributed by atoms with Gasteiger partial charge in [0.25, 0.3) is 5.78 Å². The third-order valence-electron chi connectivity index (χ3n) is 4.89. The third kappa shape index (κ3) is 3.05. The van der Waals surface area contributed by atoms with Crippen molar-refractivity contribution >= 4 is 18.0 Å². The molecular weight excluding hydrogens is 372 g/mol. The van der Waals surface area contributed by atoms with Gasteiger partial charge in [0.15, 0.2) is 5.82 Å². The van der Waals surface area contributed by atoms with Gasteiger partial charge in [-0.25, -0.2) is 4.68 Å². The molecule has 28 heavy (non-hydrogen) atoms. The van der Waals surface area contributed by atoms with Crippen LogP contribution in [0, 0.1) is 4.77 Å². The zero-order valence-corrected chi connectivity index (χ0v) is 16.1. The molecular formula is C20H20N6OS. The quantitative estimate of drug-likeness (QED) is 0.500. The van der Waals surface area contributed by atoms with Crippen molar-refractivity contribution in [1.82, 2.24) is 28.9 Å². The van der Waals surface area contributed by atoms with Gasteiger partial charge < -0.3 is 4.74 Å². The van der Waals surface area contributed by atoms with E-state index in [4.69, 9.17) is 27.2 Å². The van der Waals surface area contributed by atoms with Crippen molar-refractivity contribution in [3.8, 4) is 17.1 Å². The van der Waals surface area contributed by atoms with E-state index in [0.29, 0.717) is 17.2 Å². The highest BCUT2D eigenvalue weighted by atomic mass is 32.1. The summed E-state index contributed by atoms with van der Waals surface area (Å²) < 4.78 is 11.7. The first kappa shape index (κ1) is 17.3. The molecule has 0 bridgehead atoms. The van der Waals surface area contributed by atoms with Crippen LogP contribution in [0.5, 0.6) is 0 Å². The van der Waals surface area contributed by atoms with Crippen molar-refractivity contribution in [1.29, 1.82) is 0 Å². The van der Waals surface area contributed by atoms with Gasteiger partial charge in [-0.05, 0) is 24.4 Å². The number of para-hydroxylation sites is 1. The van der Waals surface area contributed by atoms with Crippen molar-refractivity contribution in [2.45, 2.75) is 6.67 Å². The molecule has 0 N–H and O–H groups in total. The molecule has 0 spiro atoms. The summed E-state index contributed by atoms with van der Waals surface area (Å²) in [5.74, 6) is 1.53. The Morgan fingerprint density at radius 2 is 1.57 bits per heavy atom. The fourth-order valence-electron chi connectivity index (χ4n) is 3.46. The monoisotopic (exact) mass is 392 g/mol. The maximum atomic E-state index is 5.70. The smallest absolute Gasteiger partial charge is 0.257 e. The number of hydrogen-bond acceptors (Lipinski definition) is 5. The normalized spacial score (nSPS) is 15.3. The fourth-order valence-corrected chi connectivity index (χ4v) is 3.68. The van der Waals surface area contributed by atoms with Gasteiger partial charge in [-0.15, -0.1) is 10.2 Å². The minimum atomic E-state index is 0.591. The molecule has 7 nitrogen and oxygen atoms in total. The highest BCUT2D eigenvalue weighted by molar-refractivity contribution is 7.71. The zero-order chi connectivity index (χ0) is 18.9. The second kappa shape index (κ2) is 7.31. The number of nitrogens with zero attached hydrogens (tertiary/aromatic N) is 6. The third-order valence-corrected chi connectivity index (χ3v) is 5.28. The number of aromatic nitrogens is 5. The summed E-state index contributed by atoms with van der Waals surface area (Å²) in [7, 11) is 0. The zero-order valence-electron chi connectivity index (χ0n) is 15.3. The average Bonchev–Trinajstić information content (AvgIpc) is 3.27. The summed E-state index contributed by atoms with van der Waals surface area (Å²) in [6, 6.07) is 20.3. The van der Waals surface area contributed by atoms with Gasteiger partial charge in [0.1, 0.15) is 0 Å². The lowest BCUT2D eigenvalue weighted by Gasteiger charge is -2.25. The molecule has 1 saturated heterocycles. The summed E-state index contributed by atoms with van der Waals surface area (Å²) in [6.45, 7) is 3.89. The van der Waals surface area contributed by atoms with E-state index in [0.717, 1.165) is 43.4 Å². The molecule has 2 aromatic heterocycles. The topological polar surface area (TPSA) is 52.5 Å². The molecule has 0 amide bonds. The van der Waals surface area contributed by atoms with Crippen molar-refractivity contribution in [2.24, 2.45) is 0 Å². The minimum absolute atomic E-state index is 0.591. The Hall–Kier alpha value is -2.81. The van der Waals surface area contributed by atoms with E-state index >= 15 is 0 Å². The SMILES string of the molecule is S=c1n(CN2CCOCC2)nc2n(-c3ccccc3)c(-c3ccccc3)nn12. The predicted octanol–water partition coefficient (Wildman–Crippen LogP) is 3.01. The van der Waals surface area contributed by atoms with Crippen LogP contribution < -0.4 is 0 Å². The second-order valence-corrected chi connectivity index (χ2v) is 7.09. The lowest BCUT2D eigenvalue weighted by Crippen LogP contribution is -2.37. The van der Waals surface area contributed by atoms with Crippen LogP contribution in [-0.4, -0.2) is 55.2 Å². The van der Waals surface area contributed by atoms with E-state index in [9.17, 15) is 0 Å². The van der Waals surface area contributed by atoms with Gasteiger partial charge >= 0.3 is 0 Å². The molecule has 2 aromatic carbocycles. The van der Waals surface area contributed by atoms with Crippen LogP contribution in [-0.2, 0) is 11.4 Å². The van der Waals surface area contributed by atoms with E-state index in [1.807, 2.05) is 53.2 Å². The predicted molar refractivity (Wildman–Crippen MR) is 109 cm³/mol. The molecule has 0 saturated carbocycles. The number of rotatable bonds is 4. The summed E-state index contributed by atoms with van der Waals surface area (Å²) >= 11 is 5.70. The minimum Gasteiger partial charge on any atom is -0.379 e. The lowest BCUT2D eigenvalue weighted by molar-refractivity contribution is 0.0210. The highest BCUT2D eigenvalue weighted by Gasteiger charge is 2.20. The molecule has 5 rings (SSSR count). The van der Waals surface area contributed by atoms with Crippen molar-refractivity contribution in [3.63, 3.8) is 0 Å². The molecule has 1 aliphatic heterocycles. The molecule has 0 unspecified atom stereocenters. The summed E-state index contributed by atoms with van der Waals surface area (Å²) in [6.07, 6.45) is 0. The molecule has 0 atom stereocenters. The Balaban J connectivity index is 1.66. The maximum absolute atomic E-state index is 5.70. The average molecular weight is 392 g/mol. The number of benzene rings is 2. The first-order chi connectivity index (χ1) is 13.8. The fraction of sp³-hybridized carbons (Fsp3) is 0.250. The van der Waals surface area contributed by atoms with Crippen molar-refractivity contribution in [2.75, 3.05) is 26.3 Å². The second-order valence-electron chi connectivity index (χ2n) is 6.73. The van der Waals surface area contributed by atoms with E-state index in [-0.39, 0.29) is 0 Å². The van der Waals surface area contributed by atoms with Crippen LogP contribution in [0.25, 0.3) is 22.9 Å². The van der Waals surface area contributed by atoms with Gasteiger partial charge in [-0.3, -0.25) is 9.47 Å². The van der Waals surface area contributed by atoms with Crippen LogP contribution in [0.1, 0.15) is 0 Å². The lowest BCUT2D eigenvalue weighted by atomic mass is 10.2. The number of ether oxygens (including phenoxy) is 1. The first-order valence-corrected chi connectivity index (χ1v) is 9.71. The Kier molecular flexibility index (Phi) is 4.52. The van der Waals surface area contributed by atoms with Crippen LogP contribution in [0.15, 0.2) is 60.7 Å². The van der Waals surface area contributed by atoms with E-state index < -0.39 is 0 Å². The summed E-state index contributed by atoms with van der Waals surface area (Å²) in [4.78, 5) is 2.29.